The van der Waals surface area contributed by atoms with Gasteiger partial charge in [-0.15, -0.1) is 0 Å². The minimum Gasteiger partial charge on any atom is -0.480 e. The first-order chi connectivity index (χ1) is 6.02. The molecule has 0 saturated heterocycles. The molecular weight excluding hydrogens is 166 g/mol. The van der Waals surface area contributed by atoms with Gasteiger partial charge in [-0.05, 0) is 30.7 Å². The minimum atomic E-state index is -0.733. The molecule has 3 heteroatoms. The summed E-state index contributed by atoms with van der Waals surface area (Å²) in [4.78, 5) is 10.8. The van der Waals surface area contributed by atoms with Crippen LogP contribution in [0.4, 0.5) is 0 Å². The SMILES string of the molecule is CC(C)C(NCC1CC1C)C(=O)O. The van der Waals surface area contributed by atoms with Gasteiger partial charge in [0.05, 0.1) is 0 Å². The zero-order chi connectivity index (χ0) is 10.0. The molecule has 0 spiro atoms. The highest BCUT2D eigenvalue weighted by atomic mass is 16.4. The fraction of sp³-hybridized carbons (Fsp3) is 0.900. The highest BCUT2D eigenvalue weighted by Crippen LogP contribution is 2.36. The molecule has 0 bridgehead atoms. The molecule has 0 aromatic heterocycles. The Hall–Kier alpha value is -0.570. The molecule has 76 valence electrons. The predicted molar refractivity (Wildman–Crippen MR) is 51.5 cm³/mol. The summed E-state index contributed by atoms with van der Waals surface area (Å²) < 4.78 is 0. The highest BCUT2D eigenvalue weighted by Gasteiger charge is 2.33. The van der Waals surface area contributed by atoms with Crippen molar-refractivity contribution in [1.29, 1.82) is 0 Å². The van der Waals surface area contributed by atoms with E-state index in [4.69, 9.17) is 5.11 Å². The third-order valence-corrected chi connectivity index (χ3v) is 2.81. The van der Waals surface area contributed by atoms with Gasteiger partial charge < -0.3 is 10.4 Å². The van der Waals surface area contributed by atoms with Gasteiger partial charge in [0, 0.05) is 0 Å². The molecule has 1 aliphatic carbocycles. The third-order valence-electron chi connectivity index (χ3n) is 2.81. The van der Waals surface area contributed by atoms with Gasteiger partial charge in [-0.25, -0.2) is 0 Å². The minimum absolute atomic E-state index is 0.159. The van der Waals surface area contributed by atoms with E-state index >= 15 is 0 Å². The van der Waals surface area contributed by atoms with Crippen LogP contribution in [0, 0.1) is 17.8 Å². The van der Waals surface area contributed by atoms with E-state index in [1.54, 1.807) is 0 Å². The van der Waals surface area contributed by atoms with Crippen molar-refractivity contribution in [2.75, 3.05) is 6.54 Å². The van der Waals surface area contributed by atoms with Gasteiger partial charge in [0.25, 0.3) is 0 Å². The number of nitrogens with one attached hydrogen (secondary N) is 1. The molecule has 0 aliphatic heterocycles. The molecule has 0 amide bonds. The maximum Gasteiger partial charge on any atom is 0.320 e. The molecule has 0 heterocycles. The summed E-state index contributed by atoms with van der Waals surface area (Å²) >= 11 is 0. The highest BCUT2D eigenvalue weighted by molar-refractivity contribution is 5.73. The summed E-state index contributed by atoms with van der Waals surface area (Å²) in [7, 11) is 0. The van der Waals surface area contributed by atoms with E-state index in [0.29, 0.717) is 5.92 Å². The van der Waals surface area contributed by atoms with Gasteiger partial charge >= 0.3 is 5.97 Å². The number of carbonyl (C=O) groups is 1. The Labute approximate surface area is 79.5 Å². The van der Waals surface area contributed by atoms with Crippen molar-refractivity contribution in [2.45, 2.75) is 33.2 Å². The molecule has 0 radical (unpaired) electrons. The Morgan fingerprint density at radius 1 is 1.62 bits per heavy atom. The van der Waals surface area contributed by atoms with E-state index in [9.17, 15) is 4.79 Å². The fourth-order valence-electron chi connectivity index (χ4n) is 1.57. The summed E-state index contributed by atoms with van der Waals surface area (Å²) in [5.74, 6) is 0.921. The molecule has 3 atom stereocenters. The molecule has 1 rings (SSSR count). The zero-order valence-corrected chi connectivity index (χ0v) is 8.58. The molecule has 1 aliphatic rings. The van der Waals surface area contributed by atoms with Gasteiger partial charge in [0.1, 0.15) is 6.04 Å². The van der Waals surface area contributed by atoms with Crippen LogP contribution in [-0.2, 0) is 4.79 Å². The summed E-state index contributed by atoms with van der Waals surface area (Å²) in [5, 5.41) is 12.0. The second-order valence-electron chi connectivity index (χ2n) is 4.44. The molecule has 1 saturated carbocycles. The Balaban J connectivity index is 2.26. The number of hydrogen-bond donors (Lipinski definition) is 2. The smallest absolute Gasteiger partial charge is 0.320 e. The van der Waals surface area contributed by atoms with Gasteiger partial charge in [-0.3, -0.25) is 4.79 Å². The molecule has 3 nitrogen and oxygen atoms in total. The van der Waals surface area contributed by atoms with E-state index in [1.807, 2.05) is 13.8 Å². The number of carboxylic acid groups (broad SMARTS) is 1. The van der Waals surface area contributed by atoms with Crippen LogP contribution in [0.25, 0.3) is 0 Å². The third kappa shape index (κ3) is 2.99. The lowest BCUT2D eigenvalue weighted by Gasteiger charge is -2.17. The van der Waals surface area contributed by atoms with Crippen molar-refractivity contribution in [3.8, 4) is 0 Å². The van der Waals surface area contributed by atoms with Gasteiger partial charge in [0.15, 0.2) is 0 Å². The maximum atomic E-state index is 10.8. The van der Waals surface area contributed by atoms with E-state index in [2.05, 4.69) is 12.2 Å². The van der Waals surface area contributed by atoms with Crippen molar-refractivity contribution in [3.63, 3.8) is 0 Å². The fourth-order valence-corrected chi connectivity index (χ4v) is 1.57. The van der Waals surface area contributed by atoms with Crippen LogP contribution in [0.15, 0.2) is 0 Å². The molecule has 3 unspecified atom stereocenters. The van der Waals surface area contributed by atoms with E-state index < -0.39 is 5.97 Å². The largest absolute Gasteiger partial charge is 0.480 e. The first kappa shape index (κ1) is 10.5. The summed E-state index contributed by atoms with van der Waals surface area (Å²) in [5.41, 5.74) is 0. The monoisotopic (exact) mass is 185 g/mol. The Kier molecular flexibility index (Phi) is 3.31. The molecule has 1 fully saturated rings. The van der Waals surface area contributed by atoms with Gasteiger partial charge in [-0.1, -0.05) is 20.8 Å². The number of carboxylic acids is 1. The summed E-state index contributed by atoms with van der Waals surface area (Å²) in [6.07, 6.45) is 1.25. The first-order valence-corrected chi connectivity index (χ1v) is 4.98. The Bertz CT molecular complexity index is 191. The number of rotatable bonds is 5. The molecule has 0 aromatic carbocycles. The Morgan fingerprint density at radius 3 is 2.46 bits per heavy atom. The zero-order valence-electron chi connectivity index (χ0n) is 8.58. The summed E-state index contributed by atoms with van der Waals surface area (Å²) in [6.45, 7) is 6.93. The van der Waals surface area contributed by atoms with Crippen molar-refractivity contribution in [2.24, 2.45) is 17.8 Å². The van der Waals surface area contributed by atoms with Gasteiger partial charge in [0.2, 0.25) is 0 Å². The molecule has 0 aromatic rings. The van der Waals surface area contributed by atoms with Crippen molar-refractivity contribution < 1.29 is 9.90 Å². The number of aliphatic carboxylic acids is 1. The summed E-state index contributed by atoms with van der Waals surface area (Å²) in [6, 6.07) is -0.382. The van der Waals surface area contributed by atoms with Crippen LogP contribution in [0.1, 0.15) is 27.2 Å². The molecule has 2 N–H and O–H groups in total. The molecule has 13 heavy (non-hydrogen) atoms. The normalized spacial score (nSPS) is 28.9. The predicted octanol–water partition coefficient (Wildman–Crippen LogP) is 1.34. The lowest BCUT2D eigenvalue weighted by molar-refractivity contribution is -0.140. The maximum absolute atomic E-state index is 10.8. The van der Waals surface area contributed by atoms with Crippen molar-refractivity contribution in [3.05, 3.63) is 0 Å². The van der Waals surface area contributed by atoms with Crippen molar-refractivity contribution >= 4 is 5.97 Å². The average molecular weight is 185 g/mol. The first-order valence-electron chi connectivity index (χ1n) is 4.98. The van der Waals surface area contributed by atoms with Crippen molar-refractivity contribution in [1.82, 2.24) is 5.32 Å². The van der Waals surface area contributed by atoms with Crippen LogP contribution in [0.3, 0.4) is 0 Å². The van der Waals surface area contributed by atoms with Gasteiger partial charge in [-0.2, -0.15) is 0 Å². The Morgan fingerprint density at radius 2 is 2.15 bits per heavy atom. The van der Waals surface area contributed by atoms with Crippen LogP contribution in [0.2, 0.25) is 0 Å². The lowest BCUT2D eigenvalue weighted by Crippen LogP contribution is -2.41. The van der Waals surface area contributed by atoms with Crippen LogP contribution in [-0.4, -0.2) is 23.7 Å². The number of hydrogen-bond acceptors (Lipinski definition) is 2. The standard InChI is InChI=1S/C10H19NO2/c1-6(2)9(10(12)13)11-5-8-4-7(8)3/h6-9,11H,4-5H2,1-3H3,(H,12,13). The van der Waals surface area contributed by atoms with Crippen LogP contribution < -0.4 is 5.32 Å². The van der Waals surface area contributed by atoms with E-state index in [-0.39, 0.29) is 12.0 Å². The lowest BCUT2D eigenvalue weighted by atomic mass is 10.0. The van der Waals surface area contributed by atoms with Crippen LogP contribution in [0.5, 0.6) is 0 Å². The second kappa shape index (κ2) is 4.09. The quantitative estimate of drug-likeness (QED) is 0.679. The average Bonchev–Trinajstić information content (AvgIpc) is 2.65. The van der Waals surface area contributed by atoms with E-state index in [0.717, 1.165) is 12.5 Å². The topological polar surface area (TPSA) is 49.3 Å². The van der Waals surface area contributed by atoms with Crippen LogP contribution >= 0.6 is 0 Å². The molecular formula is C10H19NO2. The second-order valence-corrected chi connectivity index (χ2v) is 4.44. The van der Waals surface area contributed by atoms with E-state index in [1.165, 1.54) is 6.42 Å².